The highest BCUT2D eigenvalue weighted by atomic mass is 16.2. The molecule has 1 heterocycles. The predicted molar refractivity (Wildman–Crippen MR) is 63.9 cm³/mol. The van der Waals surface area contributed by atoms with Crippen LogP contribution in [0.5, 0.6) is 0 Å². The Balaban J connectivity index is 2.30. The quantitative estimate of drug-likeness (QED) is 0.700. The van der Waals surface area contributed by atoms with Gasteiger partial charge in [0.2, 0.25) is 5.91 Å². The zero-order chi connectivity index (χ0) is 11.8. The minimum Gasteiger partial charge on any atom is -0.399 e. The van der Waals surface area contributed by atoms with Crippen LogP contribution in [-0.2, 0) is 4.79 Å². The molecule has 0 bridgehead atoms. The lowest BCUT2D eigenvalue weighted by Crippen LogP contribution is -2.40. The van der Waals surface area contributed by atoms with Crippen molar-refractivity contribution in [1.82, 2.24) is 5.43 Å². The average Bonchev–Trinajstić information content (AvgIpc) is 2.23. The highest BCUT2D eigenvalue weighted by molar-refractivity contribution is 6.05. The first-order valence-corrected chi connectivity index (χ1v) is 5.22. The van der Waals surface area contributed by atoms with Crippen LogP contribution >= 0.6 is 0 Å². The number of amides is 1. The van der Waals surface area contributed by atoms with E-state index >= 15 is 0 Å². The molecular weight excluding hydrogens is 202 g/mol. The zero-order valence-corrected chi connectivity index (χ0v) is 9.45. The predicted octanol–water partition coefficient (Wildman–Crippen LogP) is 1.52. The summed E-state index contributed by atoms with van der Waals surface area (Å²) in [4.78, 5) is 11.5. The molecule has 1 aliphatic heterocycles. The molecule has 1 amide bonds. The second kappa shape index (κ2) is 3.63. The maximum Gasteiger partial charge on any atom is 0.246 e. The molecule has 84 valence electrons. The van der Waals surface area contributed by atoms with Gasteiger partial charge in [0.15, 0.2) is 0 Å². The molecule has 0 atom stereocenters. The number of hydrogen-bond acceptors (Lipinski definition) is 3. The number of carbonyl (C=O) groups is 1. The van der Waals surface area contributed by atoms with Crippen LogP contribution in [0.4, 0.5) is 5.69 Å². The van der Waals surface area contributed by atoms with Gasteiger partial charge in [0, 0.05) is 12.1 Å². The van der Waals surface area contributed by atoms with Crippen LogP contribution in [-0.4, -0.2) is 11.6 Å². The number of nitrogen functional groups attached to an aromatic ring is 1. The standard InChI is InChI=1S/C12H15N3O/c1-12(2)7-10(14-15-11(12)16)8-3-5-9(13)6-4-8/h3-6H,7,13H2,1-2H3,(H,15,16). The number of anilines is 1. The third kappa shape index (κ3) is 1.91. The van der Waals surface area contributed by atoms with Crippen LogP contribution in [0.2, 0.25) is 0 Å². The summed E-state index contributed by atoms with van der Waals surface area (Å²) in [6.07, 6.45) is 0.642. The van der Waals surface area contributed by atoms with Crippen molar-refractivity contribution in [2.75, 3.05) is 5.73 Å². The number of benzene rings is 1. The highest BCUT2D eigenvalue weighted by Gasteiger charge is 2.33. The van der Waals surface area contributed by atoms with Crippen molar-refractivity contribution in [3.05, 3.63) is 29.8 Å². The Morgan fingerprint density at radius 3 is 2.50 bits per heavy atom. The monoisotopic (exact) mass is 217 g/mol. The van der Waals surface area contributed by atoms with Crippen LogP contribution < -0.4 is 11.2 Å². The van der Waals surface area contributed by atoms with Gasteiger partial charge in [-0.25, -0.2) is 5.43 Å². The van der Waals surface area contributed by atoms with Crippen molar-refractivity contribution in [2.45, 2.75) is 20.3 Å². The SMILES string of the molecule is CC1(C)CC(c2ccc(N)cc2)=NNC1=O. The number of nitrogens with two attached hydrogens (primary N) is 1. The number of hydrogen-bond donors (Lipinski definition) is 2. The smallest absolute Gasteiger partial charge is 0.246 e. The Hall–Kier alpha value is -1.84. The molecule has 0 saturated heterocycles. The molecule has 1 aromatic rings. The molecule has 0 aromatic heterocycles. The third-order valence-corrected chi connectivity index (χ3v) is 2.76. The third-order valence-electron chi connectivity index (χ3n) is 2.76. The molecule has 1 aromatic carbocycles. The van der Waals surface area contributed by atoms with Gasteiger partial charge in [-0.3, -0.25) is 4.79 Å². The lowest BCUT2D eigenvalue weighted by Gasteiger charge is -2.27. The summed E-state index contributed by atoms with van der Waals surface area (Å²) in [7, 11) is 0. The van der Waals surface area contributed by atoms with Crippen molar-refractivity contribution in [3.8, 4) is 0 Å². The van der Waals surface area contributed by atoms with Gasteiger partial charge in [0.05, 0.1) is 11.1 Å². The minimum atomic E-state index is -0.404. The molecule has 0 aliphatic carbocycles. The van der Waals surface area contributed by atoms with Gasteiger partial charge < -0.3 is 5.73 Å². The maximum absolute atomic E-state index is 11.5. The summed E-state index contributed by atoms with van der Waals surface area (Å²) in [5.74, 6) is -0.0355. The van der Waals surface area contributed by atoms with E-state index in [0.29, 0.717) is 6.42 Å². The molecule has 1 aliphatic rings. The lowest BCUT2D eigenvalue weighted by atomic mass is 9.83. The first-order valence-electron chi connectivity index (χ1n) is 5.22. The van der Waals surface area contributed by atoms with Crippen LogP contribution in [0, 0.1) is 5.41 Å². The fourth-order valence-electron chi connectivity index (χ4n) is 1.65. The number of hydrazone groups is 1. The summed E-state index contributed by atoms with van der Waals surface area (Å²) in [5, 5.41) is 4.08. The summed E-state index contributed by atoms with van der Waals surface area (Å²) in [5.41, 5.74) is 10.4. The van der Waals surface area contributed by atoms with Gasteiger partial charge >= 0.3 is 0 Å². The Kier molecular flexibility index (Phi) is 2.42. The van der Waals surface area contributed by atoms with Gasteiger partial charge in [-0.05, 0) is 17.7 Å². The van der Waals surface area contributed by atoms with Crippen LogP contribution in [0.15, 0.2) is 29.4 Å². The fraction of sp³-hybridized carbons (Fsp3) is 0.333. The molecule has 0 unspecified atom stereocenters. The summed E-state index contributed by atoms with van der Waals surface area (Å²) >= 11 is 0. The first-order chi connectivity index (χ1) is 7.49. The van der Waals surface area contributed by atoms with E-state index in [1.54, 1.807) is 0 Å². The molecule has 2 rings (SSSR count). The summed E-state index contributed by atoms with van der Waals surface area (Å²) in [6, 6.07) is 7.51. The van der Waals surface area contributed by atoms with E-state index in [1.165, 1.54) is 0 Å². The van der Waals surface area contributed by atoms with Gasteiger partial charge in [0.25, 0.3) is 0 Å². The Labute approximate surface area is 94.5 Å². The maximum atomic E-state index is 11.5. The molecule has 0 radical (unpaired) electrons. The molecule has 16 heavy (non-hydrogen) atoms. The van der Waals surface area contributed by atoms with E-state index < -0.39 is 5.41 Å². The van der Waals surface area contributed by atoms with Crippen LogP contribution in [0.1, 0.15) is 25.8 Å². The van der Waals surface area contributed by atoms with Crippen molar-refractivity contribution in [1.29, 1.82) is 0 Å². The fourth-order valence-corrected chi connectivity index (χ4v) is 1.65. The van der Waals surface area contributed by atoms with Gasteiger partial charge in [-0.15, -0.1) is 0 Å². The average molecular weight is 217 g/mol. The second-order valence-electron chi connectivity index (χ2n) is 4.68. The van der Waals surface area contributed by atoms with Crippen molar-refractivity contribution in [2.24, 2.45) is 10.5 Å². The van der Waals surface area contributed by atoms with Crippen molar-refractivity contribution < 1.29 is 4.79 Å². The molecular formula is C12H15N3O. The minimum absolute atomic E-state index is 0.0355. The summed E-state index contributed by atoms with van der Waals surface area (Å²) < 4.78 is 0. The largest absolute Gasteiger partial charge is 0.399 e. The number of nitrogens with zero attached hydrogens (tertiary/aromatic N) is 1. The van der Waals surface area contributed by atoms with Gasteiger partial charge in [-0.1, -0.05) is 26.0 Å². The van der Waals surface area contributed by atoms with Gasteiger partial charge in [-0.2, -0.15) is 5.10 Å². The molecule has 4 nitrogen and oxygen atoms in total. The van der Waals surface area contributed by atoms with Crippen molar-refractivity contribution >= 4 is 17.3 Å². The summed E-state index contributed by atoms with van der Waals surface area (Å²) in [6.45, 7) is 3.82. The molecule has 0 spiro atoms. The van der Waals surface area contributed by atoms with Crippen molar-refractivity contribution in [3.63, 3.8) is 0 Å². The lowest BCUT2D eigenvalue weighted by molar-refractivity contribution is -0.129. The van der Waals surface area contributed by atoms with E-state index in [2.05, 4.69) is 10.5 Å². The molecule has 3 N–H and O–H groups in total. The Bertz CT molecular complexity index is 446. The van der Waals surface area contributed by atoms with E-state index in [4.69, 9.17) is 5.73 Å². The molecule has 0 fully saturated rings. The van der Waals surface area contributed by atoms with Crippen LogP contribution in [0.3, 0.4) is 0 Å². The Morgan fingerprint density at radius 1 is 1.31 bits per heavy atom. The highest BCUT2D eigenvalue weighted by Crippen LogP contribution is 2.26. The Morgan fingerprint density at radius 2 is 1.94 bits per heavy atom. The second-order valence-corrected chi connectivity index (χ2v) is 4.68. The van der Waals surface area contributed by atoms with E-state index in [1.807, 2.05) is 38.1 Å². The topological polar surface area (TPSA) is 67.5 Å². The van der Waals surface area contributed by atoms with E-state index in [9.17, 15) is 4.79 Å². The van der Waals surface area contributed by atoms with E-state index in [-0.39, 0.29) is 5.91 Å². The molecule has 0 saturated carbocycles. The normalized spacial score (nSPS) is 18.9. The number of carbonyl (C=O) groups excluding carboxylic acids is 1. The van der Waals surface area contributed by atoms with Crippen LogP contribution in [0.25, 0.3) is 0 Å². The van der Waals surface area contributed by atoms with E-state index in [0.717, 1.165) is 17.0 Å². The van der Waals surface area contributed by atoms with Gasteiger partial charge in [0.1, 0.15) is 0 Å². The first kappa shape index (κ1) is 10.7. The molecule has 4 heteroatoms. The zero-order valence-electron chi connectivity index (χ0n) is 9.45. The number of nitrogens with one attached hydrogen (secondary N) is 1. The number of rotatable bonds is 1.